The van der Waals surface area contributed by atoms with Crippen LogP contribution < -0.4 is 5.73 Å². The number of aliphatic hydroxyl groups is 1. The van der Waals surface area contributed by atoms with E-state index in [1.54, 1.807) is 6.07 Å². The molecule has 2 nitrogen and oxygen atoms in total. The van der Waals surface area contributed by atoms with Crippen LogP contribution in [0.1, 0.15) is 11.1 Å². The van der Waals surface area contributed by atoms with Gasteiger partial charge in [-0.05, 0) is 30.5 Å². The Morgan fingerprint density at radius 2 is 2.14 bits per heavy atom. The summed E-state index contributed by atoms with van der Waals surface area (Å²) in [6.45, 7) is 1.71. The molecule has 0 radical (unpaired) electrons. The minimum atomic E-state index is -0.378. The maximum Gasteiger partial charge on any atom is 0.126 e. The highest BCUT2D eigenvalue weighted by atomic mass is 35.5. The normalized spacial score (nSPS) is 12.0. The third kappa shape index (κ3) is 3.62. The molecule has 0 aliphatic heterocycles. The lowest BCUT2D eigenvalue weighted by atomic mass is 10.0. The van der Waals surface area contributed by atoms with E-state index in [1.807, 2.05) is 13.0 Å². The van der Waals surface area contributed by atoms with Crippen molar-refractivity contribution in [2.24, 2.45) is 5.73 Å². The van der Waals surface area contributed by atoms with Gasteiger partial charge in [0.15, 0.2) is 0 Å². The molecule has 80 valence electrons. The van der Waals surface area contributed by atoms with Crippen LogP contribution in [0, 0.1) is 12.7 Å². The summed E-state index contributed by atoms with van der Waals surface area (Å²) in [4.78, 5) is 0. The number of hydrogen-bond donors (Lipinski definition) is 2. The lowest BCUT2D eigenvalue weighted by Crippen LogP contribution is -2.27. The SMILES string of the molecule is Cc1ccc(CC(N)CO)c(F)c1.Cl. The number of aliphatic hydroxyl groups excluding tert-OH is 1. The van der Waals surface area contributed by atoms with E-state index in [1.165, 1.54) is 6.07 Å². The zero-order valence-electron chi connectivity index (χ0n) is 8.03. The first-order valence-electron chi connectivity index (χ1n) is 4.25. The molecule has 4 heteroatoms. The van der Waals surface area contributed by atoms with Crippen LogP contribution >= 0.6 is 12.4 Å². The number of hydrogen-bond acceptors (Lipinski definition) is 2. The summed E-state index contributed by atoms with van der Waals surface area (Å²) < 4.78 is 13.2. The van der Waals surface area contributed by atoms with Crippen LogP contribution in [-0.4, -0.2) is 17.8 Å². The maximum atomic E-state index is 13.2. The molecule has 1 atom stereocenters. The fraction of sp³-hybridized carbons (Fsp3) is 0.400. The molecule has 0 amide bonds. The van der Waals surface area contributed by atoms with Crippen LogP contribution in [-0.2, 0) is 6.42 Å². The second-order valence-corrected chi connectivity index (χ2v) is 3.24. The Balaban J connectivity index is 0.00000169. The number of aryl methyl sites for hydroxylation is 1. The molecule has 0 heterocycles. The number of benzene rings is 1. The molecular weight excluding hydrogens is 205 g/mol. The molecule has 1 aromatic carbocycles. The van der Waals surface area contributed by atoms with Crippen LogP contribution in [0.25, 0.3) is 0 Å². The average Bonchev–Trinajstić information content (AvgIpc) is 2.09. The van der Waals surface area contributed by atoms with Gasteiger partial charge >= 0.3 is 0 Å². The summed E-state index contributed by atoms with van der Waals surface area (Å²) in [5, 5.41) is 8.69. The standard InChI is InChI=1S/C10H14FNO.ClH/c1-7-2-3-8(10(11)4-7)5-9(12)6-13;/h2-4,9,13H,5-6,12H2,1H3;1H. The summed E-state index contributed by atoms with van der Waals surface area (Å²) in [6, 6.07) is 4.64. The highest BCUT2D eigenvalue weighted by molar-refractivity contribution is 5.85. The van der Waals surface area contributed by atoms with Gasteiger partial charge in [0.25, 0.3) is 0 Å². The van der Waals surface area contributed by atoms with Crippen molar-refractivity contribution in [1.82, 2.24) is 0 Å². The predicted octanol–water partition coefficient (Wildman–Crippen LogP) is 1.42. The van der Waals surface area contributed by atoms with Gasteiger partial charge in [-0.1, -0.05) is 12.1 Å². The Bertz CT molecular complexity index is 293. The van der Waals surface area contributed by atoms with Gasteiger partial charge in [-0.3, -0.25) is 0 Å². The van der Waals surface area contributed by atoms with Crippen molar-refractivity contribution in [1.29, 1.82) is 0 Å². The first kappa shape index (κ1) is 13.4. The second-order valence-electron chi connectivity index (χ2n) is 3.24. The second kappa shape index (κ2) is 5.96. The third-order valence-corrected chi connectivity index (χ3v) is 1.93. The largest absolute Gasteiger partial charge is 0.395 e. The number of rotatable bonds is 3. The first-order valence-corrected chi connectivity index (χ1v) is 4.25. The van der Waals surface area contributed by atoms with Gasteiger partial charge in [0.2, 0.25) is 0 Å². The van der Waals surface area contributed by atoms with Crippen molar-refractivity contribution in [2.75, 3.05) is 6.61 Å². The van der Waals surface area contributed by atoms with Crippen LogP contribution in [0.5, 0.6) is 0 Å². The Kier molecular flexibility index (Phi) is 5.69. The summed E-state index contributed by atoms with van der Waals surface area (Å²) in [5.41, 5.74) is 6.95. The van der Waals surface area contributed by atoms with E-state index in [4.69, 9.17) is 10.8 Å². The molecule has 0 spiro atoms. The summed E-state index contributed by atoms with van der Waals surface area (Å²) in [7, 11) is 0. The van der Waals surface area contributed by atoms with E-state index >= 15 is 0 Å². The van der Waals surface area contributed by atoms with E-state index in [-0.39, 0.29) is 30.9 Å². The summed E-state index contributed by atoms with van der Waals surface area (Å²) in [5.74, 6) is -0.246. The monoisotopic (exact) mass is 219 g/mol. The summed E-state index contributed by atoms with van der Waals surface area (Å²) in [6.07, 6.45) is 0.378. The van der Waals surface area contributed by atoms with E-state index < -0.39 is 0 Å². The van der Waals surface area contributed by atoms with Crippen molar-refractivity contribution in [3.63, 3.8) is 0 Å². The predicted molar refractivity (Wildman–Crippen MR) is 57.2 cm³/mol. The molecule has 0 aliphatic carbocycles. The average molecular weight is 220 g/mol. The molecule has 0 fully saturated rings. The van der Waals surface area contributed by atoms with Crippen LogP contribution in [0.2, 0.25) is 0 Å². The van der Waals surface area contributed by atoms with Gasteiger partial charge in [0.05, 0.1) is 6.61 Å². The third-order valence-electron chi connectivity index (χ3n) is 1.93. The van der Waals surface area contributed by atoms with E-state index in [0.29, 0.717) is 12.0 Å². The molecule has 1 rings (SSSR count). The minimum absolute atomic E-state index is 0. The topological polar surface area (TPSA) is 46.2 Å². The molecule has 0 bridgehead atoms. The van der Waals surface area contributed by atoms with Crippen molar-refractivity contribution >= 4 is 12.4 Å². The zero-order valence-corrected chi connectivity index (χ0v) is 8.85. The van der Waals surface area contributed by atoms with Crippen LogP contribution in [0.3, 0.4) is 0 Å². The molecule has 0 saturated heterocycles. The Labute approximate surface area is 89.3 Å². The molecular formula is C10H15ClFNO. The van der Waals surface area contributed by atoms with E-state index in [2.05, 4.69) is 0 Å². The van der Waals surface area contributed by atoms with Gasteiger partial charge < -0.3 is 10.8 Å². The number of nitrogens with two attached hydrogens (primary N) is 1. The number of halogens is 2. The van der Waals surface area contributed by atoms with Crippen molar-refractivity contribution < 1.29 is 9.50 Å². The van der Waals surface area contributed by atoms with E-state index in [9.17, 15) is 4.39 Å². The Morgan fingerprint density at radius 3 is 2.64 bits per heavy atom. The quantitative estimate of drug-likeness (QED) is 0.808. The van der Waals surface area contributed by atoms with Gasteiger partial charge in [0, 0.05) is 6.04 Å². The lowest BCUT2D eigenvalue weighted by Gasteiger charge is -2.08. The smallest absolute Gasteiger partial charge is 0.126 e. The first-order chi connectivity index (χ1) is 6.13. The van der Waals surface area contributed by atoms with Gasteiger partial charge in [-0.15, -0.1) is 12.4 Å². The molecule has 1 unspecified atom stereocenters. The Hall–Kier alpha value is -0.640. The summed E-state index contributed by atoms with van der Waals surface area (Å²) >= 11 is 0. The molecule has 0 aromatic heterocycles. The van der Waals surface area contributed by atoms with Crippen molar-refractivity contribution in [3.05, 3.63) is 35.1 Å². The lowest BCUT2D eigenvalue weighted by molar-refractivity contribution is 0.264. The van der Waals surface area contributed by atoms with Crippen molar-refractivity contribution in [2.45, 2.75) is 19.4 Å². The zero-order chi connectivity index (χ0) is 9.84. The van der Waals surface area contributed by atoms with Crippen molar-refractivity contribution in [3.8, 4) is 0 Å². The Morgan fingerprint density at radius 1 is 1.50 bits per heavy atom. The highest BCUT2D eigenvalue weighted by Gasteiger charge is 2.06. The van der Waals surface area contributed by atoms with E-state index in [0.717, 1.165) is 5.56 Å². The fourth-order valence-corrected chi connectivity index (χ4v) is 1.16. The van der Waals surface area contributed by atoms with Crippen LogP contribution in [0.4, 0.5) is 4.39 Å². The van der Waals surface area contributed by atoms with Gasteiger partial charge in [0.1, 0.15) is 5.82 Å². The maximum absolute atomic E-state index is 13.2. The molecule has 0 saturated carbocycles. The highest BCUT2D eigenvalue weighted by Crippen LogP contribution is 2.11. The van der Waals surface area contributed by atoms with Crippen LogP contribution in [0.15, 0.2) is 18.2 Å². The molecule has 0 aliphatic rings. The molecule has 3 N–H and O–H groups in total. The molecule has 1 aromatic rings. The van der Waals surface area contributed by atoms with Gasteiger partial charge in [-0.25, -0.2) is 4.39 Å². The fourth-order valence-electron chi connectivity index (χ4n) is 1.16. The molecule has 14 heavy (non-hydrogen) atoms. The van der Waals surface area contributed by atoms with Gasteiger partial charge in [-0.2, -0.15) is 0 Å². The minimum Gasteiger partial charge on any atom is -0.395 e.